The monoisotopic (exact) mass is 244 g/mol. The molecule has 4 heteroatoms. The van der Waals surface area contributed by atoms with Crippen molar-refractivity contribution >= 4 is 15.9 Å². The van der Waals surface area contributed by atoms with Gasteiger partial charge in [0.2, 0.25) is 5.95 Å². The highest BCUT2D eigenvalue weighted by atomic mass is 79.9. The first kappa shape index (κ1) is 9.09. The molecule has 1 aliphatic heterocycles. The van der Waals surface area contributed by atoms with Crippen LogP contribution in [0, 0.1) is 5.95 Å². The molecule has 2 nitrogen and oxygen atoms in total. The van der Waals surface area contributed by atoms with Crippen molar-refractivity contribution in [1.29, 1.82) is 0 Å². The van der Waals surface area contributed by atoms with Crippen LogP contribution in [0.15, 0.2) is 16.7 Å². The van der Waals surface area contributed by atoms with Gasteiger partial charge in [0.25, 0.3) is 0 Å². The van der Waals surface area contributed by atoms with E-state index in [-0.39, 0.29) is 12.0 Å². The molecule has 0 unspecified atom stereocenters. The van der Waals surface area contributed by atoms with Gasteiger partial charge in [-0.25, -0.2) is 4.98 Å². The van der Waals surface area contributed by atoms with E-state index >= 15 is 0 Å². The van der Waals surface area contributed by atoms with Crippen LogP contribution >= 0.6 is 15.9 Å². The molecule has 0 radical (unpaired) electrons. The lowest BCUT2D eigenvalue weighted by Gasteiger charge is -2.10. The Hall–Kier alpha value is -0.480. The summed E-state index contributed by atoms with van der Waals surface area (Å²) in [5.41, 5.74) is 0.673. The van der Waals surface area contributed by atoms with E-state index in [1.807, 2.05) is 0 Å². The number of nitrogens with zero attached hydrogens (tertiary/aromatic N) is 1. The molecule has 1 aromatic rings. The summed E-state index contributed by atoms with van der Waals surface area (Å²) in [5, 5.41) is 3.24. The van der Waals surface area contributed by atoms with E-state index in [9.17, 15) is 4.39 Å². The zero-order valence-electron chi connectivity index (χ0n) is 7.06. The maximum Gasteiger partial charge on any atom is 0.217 e. The summed E-state index contributed by atoms with van der Waals surface area (Å²) in [6.45, 7) is 0.969. The molecule has 1 aromatic heterocycles. The van der Waals surface area contributed by atoms with Gasteiger partial charge in [-0.2, -0.15) is 4.39 Å². The average Bonchev–Trinajstić information content (AvgIpc) is 2.61. The van der Waals surface area contributed by atoms with Crippen LogP contribution in [0.25, 0.3) is 0 Å². The number of halogens is 2. The summed E-state index contributed by atoms with van der Waals surface area (Å²) in [6.07, 6.45) is 3.58. The number of hydrogen-bond donors (Lipinski definition) is 1. The molecule has 1 saturated heterocycles. The van der Waals surface area contributed by atoms with Gasteiger partial charge in [-0.1, -0.05) is 0 Å². The SMILES string of the molecule is Fc1ncc(Br)cc1[C@H]1CCCN1. The zero-order valence-corrected chi connectivity index (χ0v) is 8.64. The molecule has 1 fully saturated rings. The largest absolute Gasteiger partial charge is 0.310 e. The normalized spacial score (nSPS) is 22.2. The molecular weight excluding hydrogens is 235 g/mol. The van der Waals surface area contributed by atoms with Crippen molar-refractivity contribution in [1.82, 2.24) is 10.3 Å². The van der Waals surface area contributed by atoms with Crippen molar-refractivity contribution in [3.63, 3.8) is 0 Å². The molecule has 13 heavy (non-hydrogen) atoms. The molecule has 0 amide bonds. The minimum atomic E-state index is -0.359. The Kier molecular flexibility index (Phi) is 2.60. The lowest BCUT2D eigenvalue weighted by Crippen LogP contribution is -2.14. The Morgan fingerprint density at radius 1 is 1.62 bits per heavy atom. The van der Waals surface area contributed by atoms with Gasteiger partial charge in [0.05, 0.1) is 0 Å². The highest BCUT2D eigenvalue weighted by Gasteiger charge is 2.20. The Labute approximate surface area is 84.7 Å². The van der Waals surface area contributed by atoms with Crippen LogP contribution in [0.4, 0.5) is 4.39 Å². The molecule has 1 N–H and O–H groups in total. The number of aromatic nitrogens is 1. The highest BCUT2D eigenvalue weighted by molar-refractivity contribution is 9.10. The Balaban J connectivity index is 2.32. The van der Waals surface area contributed by atoms with Crippen molar-refractivity contribution in [3.8, 4) is 0 Å². The van der Waals surface area contributed by atoms with E-state index in [1.165, 1.54) is 6.20 Å². The molecule has 2 rings (SSSR count). The summed E-state index contributed by atoms with van der Waals surface area (Å²) in [7, 11) is 0. The highest BCUT2D eigenvalue weighted by Crippen LogP contribution is 2.26. The van der Waals surface area contributed by atoms with E-state index in [2.05, 4.69) is 26.2 Å². The van der Waals surface area contributed by atoms with Gasteiger partial charge in [-0.15, -0.1) is 0 Å². The van der Waals surface area contributed by atoms with Crippen molar-refractivity contribution in [2.24, 2.45) is 0 Å². The molecule has 2 heterocycles. The first-order valence-corrected chi connectivity index (χ1v) is 5.11. The molecule has 1 atom stereocenters. The van der Waals surface area contributed by atoms with E-state index in [1.54, 1.807) is 6.07 Å². The van der Waals surface area contributed by atoms with Crippen molar-refractivity contribution < 1.29 is 4.39 Å². The fraction of sp³-hybridized carbons (Fsp3) is 0.444. The predicted molar refractivity (Wildman–Crippen MR) is 51.9 cm³/mol. The third-order valence-electron chi connectivity index (χ3n) is 2.27. The number of pyridine rings is 1. The van der Waals surface area contributed by atoms with Gasteiger partial charge in [0, 0.05) is 22.3 Å². The van der Waals surface area contributed by atoms with Gasteiger partial charge < -0.3 is 5.32 Å². The number of hydrogen-bond acceptors (Lipinski definition) is 2. The van der Waals surface area contributed by atoms with Gasteiger partial charge >= 0.3 is 0 Å². The lowest BCUT2D eigenvalue weighted by molar-refractivity contribution is 0.527. The van der Waals surface area contributed by atoms with E-state index in [0.29, 0.717) is 5.56 Å². The molecular formula is C9H10BrFN2. The zero-order chi connectivity index (χ0) is 9.26. The maximum absolute atomic E-state index is 13.2. The Morgan fingerprint density at radius 3 is 3.15 bits per heavy atom. The molecule has 0 saturated carbocycles. The van der Waals surface area contributed by atoms with Crippen molar-refractivity contribution in [2.75, 3.05) is 6.54 Å². The van der Waals surface area contributed by atoms with E-state index in [4.69, 9.17) is 0 Å². The minimum absolute atomic E-state index is 0.144. The number of rotatable bonds is 1. The van der Waals surface area contributed by atoms with Gasteiger partial charge in [0.1, 0.15) is 0 Å². The second kappa shape index (κ2) is 3.72. The fourth-order valence-electron chi connectivity index (χ4n) is 1.63. The van der Waals surface area contributed by atoms with Crippen LogP contribution in [0.3, 0.4) is 0 Å². The Morgan fingerprint density at radius 2 is 2.46 bits per heavy atom. The van der Waals surface area contributed by atoms with Crippen LogP contribution in [-0.4, -0.2) is 11.5 Å². The standard InChI is InChI=1S/C9H10BrFN2/c10-6-4-7(9(11)13-5-6)8-2-1-3-12-8/h4-5,8,12H,1-3H2/t8-/m1/s1. The van der Waals surface area contributed by atoms with E-state index < -0.39 is 0 Å². The van der Waals surface area contributed by atoms with Crippen molar-refractivity contribution in [2.45, 2.75) is 18.9 Å². The Bertz CT molecular complexity index is 310. The third-order valence-corrected chi connectivity index (χ3v) is 2.70. The van der Waals surface area contributed by atoms with Crippen molar-refractivity contribution in [3.05, 3.63) is 28.2 Å². The molecule has 0 spiro atoms. The minimum Gasteiger partial charge on any atom is -0.310 e. The molecule has 0 bridgehead atoms. The first-order valence-electron chi connectivity index (χ1n) is 4.31. The molecule has 0 aromatic carbocycles. The molecule has 0 aliphatic carbocycles. The van der Waals surface area contributed by atoms with Crippen LogP contribution in [0.2, 0.25) is 0 Å². The van der Waals surface area contributed by atoms with Crippen LogP contribution < -0.4 is 5.32 Å². The third kappa shape index (κ3) is 1.89. The van der Waals surface area contributed by atoms with Crippen LogP contribution in [0.1, 0.15) is 24.4 Å². The second-order valence-electron chi connectivity index (χ2n) is 3.18. The van der Waals surface area contributed by atoms with Crippen LogP contribution in [0.5, 0.6) is 0 Å². The fourth-order valence-corrected chi connectivity index (χ4v) is 1.98. The van der Waals surface area contributed by atoms with Gasteiger partial charge in [0.15, 0.2) is 0 Å². The summed E-state index contributed by atoms with van der Waals surface area (Å²) >= 11 is 3.29. The lowest BCUT2D eigenvalue weighted by atomic mass is 10.1. The quantitative estimate of drug-likeness (QED) is 0.768. The topological polar surface area (TPSA) is 24.9 Å². The molecule has 70 valence electrons. The summed E-state index contributed by atoms with van der Waals surface area (Å²) in [6, 6.07) is 1.94. The summed E-state index contributed by atoms with van der Waals surface area (Å²) in [5.74, 6) is -0.359. The van der Waals surface area contributed by atoms with E-state index in [0.717, 1.165) is 23.9 Å². The first-order chi connectivity index (χ1) is 6.27. The smallest absolute Gasteiger partial charge is 0.217 e. The maximum atomic E-state index is 13.2. The van der Waals surface area contributed by atoms with Gasteiger partial charge in [-0.05, 0) is 41.4 Å². The summed E-state index contributed by atoms with van der Waals surface area (Å²) in [4.78, 5) is 3.67. The second-order valence-corrected chi connectivity index (χ2v) is 4.10. The van der Waals surface area contributed by atoms with Gasteiger partial charge in [-0.3, -0.25) is 0 Å². The van der Waals surface area contributed by atoms with Crippen LogP contribution in [-0.2, 0) is 0 Å². The molecule has 1 aliphatic rings. The number of nitrogens with one attached hydrogen (secondary N) is 1. The summed E-state index contributed by atoms with van der Waals surface area (Å²) < 4.78 is 14.1. The predicted octanol–water partition coefficient (Wildman–Crippen LogP) is 2.41. The average molecular weight is 245 g/mol.